The van der Waals surface area contributed by atoms with Crippen molar-refractivity contribution in [1.29, 1.82) is 0 Å². The average molecular weight is 846 g/mol. The predicted molar refractivity (Wildman–Crippen MR) is 206 cm³/mol. The van der Waals surface area contributed by atoms with E-state index >= 15 is 0 Å². The fourth-order valence-electron chi connectivity index (χ4n) is 4.86. The van der Waals surface area contributed by atoms with E-state index in [1.165, 1.54) is 60.7 Å². The van der Waals surface area contributed by atoms with Crippen molar-refractivity contribution >= 4 is 79.2 Å². The smallest absolute Gasteiger partial charge is 0.744 e. The van der Waals surface area contributed by atoms with Crippen LogP contribution < -0.4 is 85.8 Å². The zero-order valence-corrected chi connectivity index (χ0v) is 36.1. The van der Waals surface area contributed by atoms with Crippen molar-refractivity contribution in [3.05, 3.63) is 150 Å². The summed E-state index contributed by atoms with van der Waals surface area (Å²) in [4.78, 5) is 60.0. The average Bonchev–Trinajstić information content (AvgIpc) is 3.20. The zero-order chi connectivity index (χ0) is 41.4. The van der Waals surface area contributed by atoms with Crippen LogP contribution in [-0.2, 0) is 29.3 Å². The number of ketones is 3. The van der Waals surface area contributed by atoms with E-state index in [1.807, 2.05) is 0 Å². The third kappa shape index (κ3) is 12.4. The molecule has 0 bridgehead atoms. The largest absolute Gasteiger partial charge is 1.00 e. The fourth-order valence-corrected chi connectivity index (χ4v) is 5.37. The van der Waals surface area contributed by atoms with Crippen LogP contribution in [-0.4, -0.2) is 64.4 Å². The molecule has 3 aliphatic carbocycles. The molecule has 6 rings (SSSR count). The Labute approximate surface area is 384 Å². The Balaban J connectivity index is 0.00000397. The number of allylic oxidation sites excluding steroid dienone is 8. The number of hydrazone groups is 1. The summed E-state index contributed by atoms with van der Waals surface area (Å²) in [5.41, 5.74) is 9.33. The topological polar surface area (TPSA) is 296 Å². The van der Waals surface area contributed by atoms with Gasteiger partial charge in [0.1, 0.15) is 33.0 Å². The number of anilines is 3. The Bertz CT molecular complexity index is 2700. The third-order valence-electron chi connectivity index (χ3n) is 7.80. The molecular weight excluding hydrogens is 821 g/mol. The van der Waals surface area contributed by atoms with Crippen molar-refractivity contribution in [3.8, 4) is 0 Å². The molecule has 290 valence electrons. The minimum absolute atomic E-state index is 0. The zero-order valence-electron chi connectivity index (χ0n) is 31.3. The van der Waals surface area contributed by atoms with Crippen LogP contribution in [0.5, 0.6) is 0 Å². The van der Waals surface area contributed by atoms with Crippen LogP contribution in [0.3, 0.4) is 0 Å². The predicted octanol–water partition coefficient (Wildman–Crippen LogP) is -3.14. The number of aliphatic hydroxyl groups excluding tert-OH is 1. The van der Waals surface area contributed by atoms with Gasteiger partial charge in [0.25, 0.3) is 5.91 Å². The molecule has 0 aliphatic heterocycles. The number of carboxylic acid groups (broad SMARTS) is 1. The molecule has 5 N–H and O–H groups in total. The van der Waals surface area contributed by atoms with Gasteiger partial charge in [-0.05, 0) is 103 Å². The fraction of sp³-hybridized carbons (Fsp3) is 0. The van der Waals surface area contributed by atoms with E-state index in [0.29, 0.717) is 28.3 Å². The number of nitrogens with one attached hydrogen (secondary N) is 4. The Morgan fingerprint density at radius 1 is 0.683 bits per heavy atom. The van der Waals surface area contributed by atoms with Crippen LogP contribution >= 0.6 is 0 Å². The summed E-state index contributed by atoms with van der Waals surface area (Å²) < 4.78 is 33.9. The van der Waals surface area contributed by atoms with E-state index < -0.39 is 55.6 Å². The van der Waals surface area contributed by atoms with E-state index in [1.54, 1.807) is 24.3 Å². The molecule has 22 heteroatoms. The first kappa shape index (κ1) is 46.5. The quantitative estimate of drug-likeness (QED) is 0.0230. The van der Waals surface area contributed by atoms with Crippen molar-refractivity contribution in [1.82, 2.24) is 5.43 Å². The molecule has 3 aliphatic rings. The van der Waals surface area contributed by atoms with E-state index in [0.717, 1.165) is 36.4 Å². The number of benzene rings is 3. The van der Waals surface area contributed by atoms with Crippen LogP contribution in [0.15, 0.2) is 175 Å². The van der Waals surface area contributed by atoms with Crippen LogP contribution in [0.1, 0.15) is 10.4 Å². The van der Waals surface area contributed by atoms with Gasteiger partial charge in [-0.3, -0.25) is 24.6 Å². The standard InChI is InChI=1S/C38H27N9O10S.2Na/c48-33-14-12-26(17-29(33)38(53)54)43-40-23-6-4-21(5-7-23)37(52)39-22-8-10-24(11-9-22)41-45-31-19-32(36(51)20-35(31)50)47-46-30-18-27(13-15-34(30)49)44-42-25-2-1-3-28(16-25)58(55,56)57;;/h1-20,40,42,44,51H,(H,39,52)(H,53,54)(H,55,56,57);;/q;2*+1/p-2/b43-26+,45-41?,46-30+,47-32-;;. The number of aliphatic carboxylic acids is 1. The van der Waals surface area contributed by atoms with Gasteiger partial charge in [-0.2, -0.15) is 10.2 Å². The van der Waals surface area contributed by atoms with Gasteiger partial charge in [0.05, 0.1) is 39.3 Å². The molecule has 0 saturated carbocycles. The Morgan fingerprint density at radius 2 is 1.37 bits per heavy atom. The Morgan fingerprint density at radius 3 is 2.07 bits per heavy atom. The van der Waals surface area contributed by atoms with Gasteiger partial charge in [-0.1, -0.05) is 6.07 Å². The summed E-state index contributed by atoms with van der Waals surface area (Å²) in [7, 11) is -4.67. The molecule has 3 aromatic rings. The molecule has 0 radical (unpaired) electrons. The number of rotatable bonds is 12. The number of carbonyl (C=O) groups excluding carboxylic acids is 5. The number of carbonyl (C=O) groups is 5. The molecule has 60 heavy (non-hydrogen) atoms. The van der Waals surface area contributed by atoms with Gasteiger partial charge < -0.3 is 35.7 Å². The molecule has 0 saturated heterocycles. The summed E-state index contributed by atoms with van der Waals surface area (Å²) in [5, 5.41) is 44.0. The molecule has 0 unspecified atom stereocenters. The SMILES string of the molecule is O=C([O-])C1=C/C(=N/Nc2ccc(C(=O)Nc3ccc(N=NC4=C/C(=N/N=C5\C=C(NNc6cccc(S(=O)(=O)[O-])c6)C=CC5=O)C(O)=CC4=O)cc3)cc2)C=CC1=O.[Na+].[Na+]. The van der Waals surface area contributed by atoms with Crippen LogP contribution in [0.2, 0.25) is 0 Å². The van der Waals surface area contributed by atoms with E-state index in [-0.39, 0.29) is 87.6 Å². The monoisotopic (exact) mass is 845 g/mol. The summed E-state index contributed by atoms with van der Waals surface area (Å²) in [6.45, 7) is 0. The van der Waals surface area contributed by atoms with Crippen molar-refractivity contribution in [2.75, 3.05) is 16.2 Å². The molecular formula is C38H25N9Na2O10S. The second-order valence-electron chi connectivity index (χ2n) is 11.9. The van der Waals surface area contributed by atoms with Gasteiger partial charge in [-0.15, -0.1) is 15.3 Å². The van der Waals surface area contributed by atoms with Crippen molar-refractivity contribution in [3.63, 3.8) is 0 Å². The summed E-state index contributed by atoms with van der Waals surface area (Å²) in [5.74, 6) is -4.50. The molecule has 0 atom stereocenters. The van der Waals surface area contributed by atoms with Crippen LogP contribution in [0.4, 0.5) is 22.7 Å². The van der Waals surface area contributed by atoms with Crippen LogP contribution in [0, 0.1) is 0 Å². The first-order valence-corrected chi connectivity index (χ1v) is 17.9. The minimum Gasteiger partial charge on any atom is -0.744 e. The maximum Gasteiger partial charge on any atom is 1.00 e. The number of azo groups is 1. The second-order valence-corrected chi connectivity index (χ2v) is 13.3. The molecule has 0 aromatic heterocycles. The first-order chi connectivity index (χ1) is 27.7. The maximum absolute atomic E-state index is 12.8. The molecule has 0 heterocycles. The summed E-state index contributed by atoms with van der Waals surface area (Å²) in [6, 6.07) is 17.5. The van der Waals surface area contributed by atoms with Crippen molar-refractivity contribution < 1.29 is 106 Å². The number of carboxylic acids is 1. The molecule has 0 spiro atoms. The third-order valence-corrected chi connectivity index (χ3v) is 8.63. The van der Waals surface area contributed by atoms with E-state index in [2.05, 4.69) is 47.1 Å². The number of amides is 1. The van der Waals surface area contributed by atoms with Gasteiger partial charge >= 0.3 is 59.1 Å². The first-order valence-electron chi connectivity index (χ1n) is 16.5. The Kier molecular flexibility index (Phi) is 16.0. The van der Waals surface area contributed by atoms with Gasteiger partial charge in [0.2, 0.25) is 11.6 Å². The van der Waals surface area contributed by atoms with Crippen LogP contribution in [0.25, 0.3) is 0 Å². The van der Waals surface area contributed by atoms with Crippen molar-refractivity contribution in [2.24, 2.45) is 25.5 Å². The molecule has 19 nitrogen and oxygen atoms in total. The maximum atomic E-state index is 12.8. The van der Waals surface area contributed by atoms with Gasteiger partial charge in [0.15, 0.2) is 5.78 Å². The Hall–Kier alpha value is -6.23. The molecule has 3 aromatic carbocycles. The number of aliphatic hydroxyl groups is 1. The molecule has 0 fully saturated rings. The normalized spacial score (nSPS) is 16.9. The minimum atomic E-state index is -4.67. The number of hydrogen-bond acceptors (Lipinski definition) is 18. The van der Waals surface area contributed by atoms with E-state index in [4.69, 9.17) is 0 Å². The number of hydrogen-bond donors (Lipinski definition) is 5. The van der Waals surface area contributed by atoms with Gasteiger partial charge in [0, 0.05) is 29.0 Å². The number of nitrogens with zero attached hydrogens (tertiary/aromatic N) is 5. The van der Waals surface area contributed by atoms with Gasteiger partial charge in [-0.25, -0.2) is 8.42 Å². The second kappa shape index (κ2) is 20.6. The molecule has 1 amide bonds. The number of hydrazine groups is 1. The summed E-state index contributed by atoms with van der Waals surface area (Å²) >= 11 is 0. The van der Waals surface area contributed by atoms with E-state index in [9.17, 15) is 47.2 Å². The van der Waals surface area contributed by atoms with Crippen molar-refractivity contribution in [2.45, 2.75) is 4.90 Å². The summed E-state index contributed by atoms with van der Waals surface area (Å²) in [6.07, 6.45) is 9.36.